The molecule has 2 heterocycles. The third-order valence-corrected chi connectivity index (χ3v) is 3.71. The van der Waals surface area contributed by atoms with E-state index in [4.69, 9.17) is 0 Å². The van der Waals surface area contributed by atoms with Crippen LogP contribution in [0.25, 0.3) is 0 Å². The van der Waals surface area contributed by atoms with E-state index in [-0.39, 0.29) is 5.92 Å². The summed E-state index contributed by atoms with van der Waals surface area (Å²) in [4.78, 5) is 14.1. The van der Waals surface area contributed by atoms with Gasteiger partial charge in [-0.15, -0.1) is 0 Å². The van der Waals surface area contributed by atoms with Crippen LogP contribution in [0.15, 0.2) is 0 Å². The highest BCUT2D eigenvalue weighted by molar-refractivity contribution is 5.79. The van der Waals surface area contributed by atoms with Crippen molar-refractivity contribution in [1.29, 1.82) is 0 Å². The number of nitrogens with zero attached hydrogens (tertiary/aromatic N) is 1. The standard InChI is InChI=1S/C11H20N2O/c1-8-6-13(7-9(8)2)11(14)10-3-4-12-5-10/h8-10,12H,3-7H2,1-2H3/t8?,9?,10-/m0/s1. The number of hydrogen-bond donors (Lipinski definition) is 1. The molecule has 2 rings (SSSR count). The summed E-state index contributed by atoms with van der Waals surface area (Å²) in [6.07, 6.45) is 1.03. The zero-order valence-corrected chi connectivity index (χ0v) is 9.12. The molecular weight excluding hydrogens is 176 g/mol. The first kappa shape index (κ1) is 9.97. The van der Waals surface area contributed by atoms with Crippen LogP contribution in [0.5, 0.6) is 0 Å². The Morgan fingerprint density at radius 2 is 1.93 bits per heavy atom. The van der Waals surface area contributed by atoms with Gasteiger partial charge in [0.2, 0.25) is 5.91 Å². The summed E-state index contributed by atoms with van der Waals surface area (Å²) in [5, 5.41) is 3.25. The van der Waals surface area contributed by atoms with Crippen molar-refractivity contribution in [3.8, 4) is 0 Å². The van der Waals surface area contributed by atoms with Crippen molar-refractivity contribution in [1.82, 2.24) is 10.2 Å². The Labute approximate surface area is 85.8 Å². The van der Waals surface area contributed by atoms with Crippen LogP contribution in [-0.4, -0.2) is 37.0 Å². The Hall–Kier alpha value is -0.570. The number of amides is 1. The molecule has 0 aromatic rings. The lowest BCUT2D eigenvalue weighted by Crippen LogP contribution is -2.35. The summed E-state index contributed by atoms with van der Waals surface area (Å²) < 4.78 is 0. The average Bonchev–Trinajstić information content (AvgIpc) is 2.76. The van der Waals surface area contributed by atoms with Crippen LogP contribution in [-0.2, 0) is 4.79 Å². The van der Waals surface area contributed by atoms with Crippen LogP contribution in [0.3, 0.4) is 0 Å². The number of rotatable bonds is 1. The first-order valence-electron chi connectivity index (χ1n) is 5.68. The van der Waals surface area contributed by atoms with E-state index < -0.39 is 0 Å². The molecule has 2 saturated heterocycles. The van der Waals surface area contributed by atoms with Crippen LogP contribution in [0, 0.1) is 17.8 Å². The van der Waals surface area contributed by atoms with E-state index in [1.807, 2.05) is 0 Å². The van der Waals surface area contributed by atoms with Crippen molar-refractivity contribution < 1.29 is 4.79 Å². The SMILES string of the molecule is CC1CN(C(=O)[C@H]2CCNC2)CC1C. The summed E-state index contributed by atoms with van der Waals surface area (Å²) in [5.74, 6) is 1.99. The van der Waals surface area contributed by atoms with E-state index in [1.165, 1.54) is 0 Å². The van der Waals surface area contributed by atoms with Crippen molar-refractivity contribution in [3.05, 3.63) is 0 Å². The first-order chi connectivity index (χ1) is 6.68. The summed E-state index contributed by atoms with van der Waals surface area (Å²) in [6.45, 7) is 8.32. The predicted octanol–water partition coefficient (Wildman–Crippen LogP) is 0.710. The van der Waals surface area contributed by atoms with E-state index >= 15 is 0 Å². The molecule has 3 nitrogen and oxygen atoms in total. The molecule has 80 valence electrons. The number of carbonyl (C=O) groups is 1. The molecule has 2 unspecified atom stereocenters. The number of carbonyl (C=O) groups excluding carboxylic acids is 1. The minimum absolute atomic E-state index is 0.257. The molecule has 14 heavy (non-hydrogen) atoms. The van der Waals surface area contributed by atoms with Crippen LogP contribution >= 0.6 is 0 Å². The minimum Gasteiger partial charge on any atom is -0.342 e. The molecule has 0 saturated carbocycles. The normalized spacial score (nSPS) is 37.9. The maximum atomic E-state index is 12.0. The Kier molecular flexibility index (Phi) is 2.77. The van der Waals surface area contributed by atoms with Crippen LogP contribution in [0.4, 0.5) is 0 Å². The molecule has 2 fully saturated rings. The highest BCUT2D eigenvalue weighted by Gasteiger charge is 2.33. The molecule has 3 atom stereocenters. The largest absolute Gasteiger partial charge is 0.342 e. The zero-order valence-electron chi connectivity index (χ0n) is 9.12. The molecule has 0 aromatic carbocycles. The van der Waals surface area contributed by atoms with Gasteiger partial charge < -0.3 is 10.2 Å². The number of likely N-dealkylation sites (tertiary alicyclic amines) is 1. The first-order valence-corrected chi connectivity index (χ1v) is 5.68. The van der Waals surface area contributed by atoms with Gasteiger partial charge >= 0.3 is 0 Å². The van der Waals surface area contributed by atoms with E-state index in [1.54, 1.807) is 0 Å². The van der Waals surface area contributed by atoms with E-state index in [9.17, 15) is 4.79 Å². The monoisotopic (exact) mass is 196 g/mol. The maximum Gasteiger partial charge on any atom is 0.227 e. The average molecular weight is 196 g/mol. The fourth-order valence-electron chi connectivity index (χ4n) is 2.43. The third kappa shape index (κ3) is 1.78. The lowest BCUT2D eigenvalue weighted by molar-refractivity contribution is -0.134. The van der Waals surface area contributed by atoms with Gasteiger partial charge in [-0.3, -0.25) is 4.79 Å². The highest BCUT2D eigenvalue weighted by atomic mass is 16.2. The van der Waals surface area contributed by atoms with Crippen molar-refractivity contribution in [2.24, 2.45) is 17.8 Å². The Morgan fingerprint density at radius 3 is 2.43 bits per heavy atom. The molecule has 0 bridgehead atoms. The fraction of sp³-hybridized carbons (Fsp3) is 0.909. The molecule has 2 aliphatic rings. The lowest BCUT2D eigenvalue weighted by atomic mass is 10.0. The van der Waals surface area contributed by atoms with Crippen LogP contribution in [0.2, 0.25) is 0 Å². The molecular formula is C11H20N2O. The fourth-order valence-corrected chi connectivity index (χ4v) is 2.43. The van der Waals surface area contributed by atoms with E-state index in [0.717, 1.165) is 32.6 Å². The molecule has 0 aliphatic carbocycles. The molecule has 0 radical (unpaired) electrons. The van der Waals surface area contributed by atoms with Gasteiger partial charge in [0.15, 0.2) is 0 Å². The minimum atomic E-state index is 0.257. The molecule has 2 aliphatic heterocycles. The summed E-state index contributed by atoms with van der Waals surface area (Å²) in [7, 11) is 0. The lowest BCUT2D eigenvalue weighted by Gasteiger charge is -2.19. The zero-order chi connectivity index (χ0) is 10.1. The highest BCUT2D eigenvalue weighted by Crippen LogP contribution is 2.24. The van der Waals surface area contributed by atoms with Gasteiger partial charge in [0.05, 0.1) is 5.92 Å². The topological polar surface area (TPSA) is 32.3 Å². The van der Waals surface area contributed by atoms with Gasteiger partial charge in [0, 0.05) is 19.6 Å². The number of hydrogen-bond acceptors (Lipinski definition) is 2. The summed E-state index contributed by atoms with van der Waals surface area (Å²) >= 11 is 0. The maximum absolute atomic E-state index is 12.0. The Balaban J connectivity index is 1.92. The van der Waals surface area contributed by atoms with Gasteiger partial charge in [-0.25, -0.2) is 0 Å². The summed E-state index contributed by atoms with van der Waals surface area (Å²) in [5.41, 5.74) is 0. The second kappa shape index (κ2) is 3.89. The Morgan fingerprint density at radius 1 is 1.29 bits per heavy atom. The molecule has 1 amide bonds. The molecule has 0 aromatic heterocycles. The smallest absolute Gasteiger partial charge is 0.227 e. The molecule has 0 spiro atoms. The van der Waals surface area contributed by atoms with Gasteiger partial charge in [-0.1, -0.05) is 13.8 Å². The Bertz CT molecular complexity index is 213. The van der Waals surface area contributed by atoms with Crippen molar-refractivity contribution in [2.45, 2.75) is 20.3 Å². The van der Waals surface area contributed by atoms with Crippen molar-refractivity contribution in [2.75, 3.05) is 26.2 Å². The quantitative estimate of drug-likeness (QED) is 0.670. The van der Waals surface area contributed by atoms with Crippen molar-refractivity contribution >= 4 is 5.91 Å². The van der Waals surface area contributed by atoms with E-state index in [2.05, 4.69) is 24.1 Å². The van der Waals surface area contributed by atoms with Gasteiger partial charge in [0.1, 0.15) is 0 Å². The van der Waals surface area contributed by atoms with Crippen molar-refractivity contribution in [3.63, 3.8) is 0 Å². The van der Waals surface area contributed by atoms with E-state index in [0.29, 0.717) is 17.7 Å². The molecule has 3 heteroatoms. The summed E-state index contributed by atoms with van der Waals surface area (Å²) in [6, 6.07) is 0. The van der Waals surface area contributed by atoms with Crippen LogP contribution in [0.1, 0.15) is 20.3 Å². The van der Waals surface area contributed by atoms with Gasteiger partial charge in [-0.05, 0) is 24.8 Å². The van der Waals surface area contributed by atoms with Gasteiger partial charge in [0.25, 0.3) is 0 Å². The second-order valence-electron chi connectivity index (χ2n) is 4.89. The van der Waals surface area contributed by atoms with Crippen LogP contribution < -0.4 is 5.32 Å². The third-order valence-electron chi connectivity index (χ3n) is 3.71. The predicted molar refractivity (Wildman–Crippen MR) is 55.9 cm³/mol. The van der Waals surface area contributed by atoms with Gasteiger partial charge in [-0.2, -0.15) is 0 Å². The second-order valence-corrected chi connectivity index (χ2v) is 4.89. The number of nitrogens with one attached hydrogen (secondary N) is 1. The molecule has 1 N–H and O–H groups in total.